The molecule has 1 N–H and O–H groups in total. The molecule has 0 spiro atoms. The molecule has 6 heteroatoms. The number of halogens is 4. The minimum Gasteiger partial charge on any atom is -0.309 e. The van der Waals surface area contributed by atoms with Gasteiger partial charge in [-0.2, -0.15) is 13.2 Å². The second-order valence-corrected chi connectivity index (χ2v) is 7.00. The molecule has 0 aliphatic carbocycles. The highest BCUT2D eigenvalue weighted by Crippen LogP contribution is 2.39. The van der Waals surface area contributed by atoms with E-state index in [1.165, 1.54) is 23.5 Å². The fourth-order valence-corrected chi connectivity index (χ4v) is 3.98. The summed E-state index contributed by atoms with van der Waals surface area (Å²) in [6, 6.07) is 7.08. The molecule has 0 saturated heterocycles. The van der Waals surface area contributed by atoms with Gasteiger partial charge >= 0.3 is 6.18 Å². The third kappa shape index (κ3) is 3.07. The van der Waals surface area contributed by atoms with E-state index in [0.717, 1.165) is 20.3 Å². The van der Waals surface area contributed by atoms with Crippen LogP contribution in [-0.2, 0) is 6.18 Å². The first kappa shape index (κ1) is 15.5. The summed E-state index contributed by atoms with van der Waals surface area (Å²) in [6.45, 7) is 1.91. The van der Waals surface area contributed by atoms with E-state index < -0.39 is 17.8 Å². The topological polar surface area (TPSA) is 12.0 Å². The highest BCUT2D eigenvalue weighted by molar-refractivity contribution is 9.11. The molecular formula is C14H13BrF3NS. The third-order valence-corrected chi connectivity index (χ3v) is 4.67. The molecule has 0 saturated carbocycles. The predicted octanol–water partition coefficient (Wildman–Crippen LogP) is 5.15. The summed E-state index contributed by atoms with van der Waals surface area (Å²) in [7, 11) is 1.67. The van der Waals surface area contributed by atoms with E-state index in [1.807, 2.05) is 13.0 Å². The van der Waals surface area contributed by atoms with Gasteiger partial charge in [-0.15, -0.1) is 11.3 Å². The maximum atomic E-state index is 13.1. The van der Waals surface area contributed by atoms with E-state index in [9.17, 15) is 13.2 Å². The van der Waals surface area contributed by atoms with Crippen molar-refractivity contribution in [3.8, 4) is 0 Å². The standard InChI is InChI=1S/C14H13BrF3NS/c1-8-10(7-12(15)20-8)13(19-2)9-5-3-4-6-11(9)14(16,17)18/h3-7,13,19H,1-2H3. The van der Waals surface area contributed by atoms with E-state index in [1.54, 1.807) is 13.1 Å². The zero-order valence-corrected chi connectivity index (χ0v) is 13.3. The lowest BCUT2D eigenvalue weighted by molar-refractivity contribution is -0.138. The predicted molar refractivity (Wildman–Crippen MR) is 79.1 cm³/mol. The third-order valence-electron chi connectivity index (χ3n) is 3.10. The number of hydrogen-bond donors (Lipinski definition) is 1. The molecule has 2 aromatic rings. The quantitative estimate of drug-likeness (QED) is 0.795. The average molecular weight is 364 g/mol. The minimum atomic E-state index is -4.35. The maximum absolute atomic E-state index is 13.1. The van der Waals surface area contributed by atoms with Crippen LogP contribution in [0.2, 0.25) is 0 Å². The zero-order chi connectivity index (χ0) is 14.9. The van der Waals surface area contributed by atoms with Gasteiger partial charge in [0, 0.05) is 4.88 Å². The van der Waals surface area contributed by atoms with Crippen LogP contribution in [0.4, 0.5) is 13.2 Å². The molecule has 108 valence electrons. The monoisotopic (exact) mass is 363 g/mol. The van der Waals surface area contributed by atoms with Gasteiger partial charge in [0.05, 0.1) is 15.4 Å². The average Bonchev–Trinajstić information content (AvgIpc) is 2.69. The van der Waals surface area contributed by atoms with Gasteiger partial charge in [0.2, 0.25) is 0 Å². The van der Waals surface area contributed by atoms with Crippen LogP contribution in [0.3, 0.4) is 0 Å². The van der Waals surface area contributed by atoms with Gasteiger partial charge in [-0.05, 0) is 53.2 Å². The molecular weight excluding hydrogens is 351 g/mol. The van der Waals surface area contributed by atoms with Gasteiger partial charge in [0.25, 0.3) is 0 Å². The van der Waals surface area contributed by atoms with Crippen LogP contribution in [0.5, 0.6) is 0 Å². The number of nitrogens with one attached hydrogen (secondary N) is 1. The summed E-state index contributed by atoms with van der Waals surface area (Å²) in [5.41, 5.74) is 0.512. The number of rotatable bonds is 3. The maximum Gasteiger partial charge on any atom is 0.416 e. The molecule has 0 amide bonds. The molecule has 1 nitrogen and oxygen atoms in total. The van der Waals surface area contributed by atoms with Gasteiger partial charge in [0.1, 0.15) is 0 Å². The Morgan fingerprint density at radius 1 is 1.20 bits per heavy atom. The SMILES string of the molecule is CNC(c1ccccc1C(F)(F)F)c1cc(Br)sc1C. The Kier molecular flexibility index (Phi) is 4.56. The molecule has 0 aliphatic heterocycles. The highest BCUT2D eigenvalue weighted by Gasteiger charge is 2.35. The molecule has 1 unspecified atom stereocenters. The van der Waals surface area contributed by atoms with Crippen LogP contribution >= 0.6 is 27.3 Å². The molecule has 1 atom stereocenters. The van der Waals surface area contributed by atoms with Crippen LogP contribution < -0.4 is 5.32 Å². The van der Waals surface area contributed by atoms with E-state index in [-0.39, 0.29) is 5.56 Å². The molecule has 20 heavy (non-hydrogen) atoms. The van der Waals surface area contributed by atoms with Gasteiger partial charge in [0.15, 0.2) is 0 Å². The fourth-order valence-electron chi connectivity index (χ4n) is 2.23. The molecule has 2 rings (SSSR count). The number of alkyl halides is 3. The number of hydrogen-bond acceptors (Lipinski definition) is 2. The van der Waals surface area contributed by atoms with Crippen molar-refractivity contribution in [2.45, 2.75) is 19.1 Å². The van der Waals surface area contributed by atoms with Crippen LogP contribution in [-0.4, -0.2) is 7.05 Å². The van der Waals surface area contributed by atoms with E-state index in [4.69, 9.17) is 0 Å². The van der Waals surface area contributed by atoms with Crippen molar-refractivity contribution in [2.24, 2.45) is 0 Å². The Morgan fingerprint density at radius 2 is 1.85 bits per heavy atom. The Bertz CT molecular complexity index is 607. The van der Waals surface area contributed by atoms with Crippen LogP contribution in [0.25, 0.3) is 0 Å². The Hall–Kier alpha value is -0.850. The lowest BCUT2D eigenvalue weighted by Crippen LogP contribution is -2.22. The summed E-state index contributed by atoms with van der Waals surface area (Å²) >= 11 is 4.90. The lowest BCUT2D eigenvalue weighted by Gasteiger charge is -2.21. The first-order valence-electron chi connectivity index (χ1n) is 5.93. The van der Waals surface area contributed by atoms with Crippen molar-refractivity contribution >= 4 is 27.3 Å². The molecule has 0 aliphatic rings. The Morgan fingerprint density at radius 3 is 2.35 bits per heavy atom. The van der Waals surface area contributed by atoms with Crippen molar-refractivity contribution in [3.63, 3.8) is 0 Å². The molecule has 0 radical (unpaired) electrons. The van der Waals surface area contributed by atoms with Gasteiger partial charge < -0.3 is 5.32 Å². The van der Waals surface area contributed by atoms with Crippen molar-refractivity contribution in [3.05, 3.63) is 55.7 Å². The number of thiophene rings is 1. The normalized spacial score (nSPS) is 13.5. The first-order chi connectivity index (χ1) is 9.34. The van der Waals surface area contributed by atoms with Gasteiger partial charge in [-0.25, -0.2) is 0 Å². The largest absolute Gasteiger partial charge is 0.416 e. The zero-order valence-electron chi connectivity index (χ0n) is 10.9. The summed E-state index contributed by atoms with van der Waals surface area (Å²) in [4.78, 5) is 0.994. The van der Waals surface area contributed by atoms with Crippen molar-refractivity contribution in [2.75, 3.05) is 7.05 Å². The number of aryl methyl sites for hydroxylation is 1. The van der Waals surface area contributed by atoms with Crippen molar-refractivity contribution < 1.29 is 13.2 Å². The highest BCUT2D eigenvalue weighted by atomic mass is 79.9. The smallest absolute Gasteiger partial charge is 0.309 e. The minimum absolute atomic E-state index is 0.246. The number of benzene rings is 1. The van der Waals surface area contributed by atoms with E-state index in [2.05, 4.69) is 21.2 Å². The first-order valence-corrected chi connectivity index (χ1v) is 7.54. The van der Waals surface area contributed by atoms with Crippen molar-refractivity contribution in [1.29, 1.82) is 0 Å². The second-order valence-electron chi connectivity index (χ2n) is 4.37. The van der Waals surface area contributed by atoms with E-state index >= 15 is 0 Å². The van der Waals surface area contributed by atoms with Gasteiger partial charge in [-0.1, -0.05) is 18.2 Å². The molecule has 1 aromatic heterocycles. The van der Waals surface area contributed by atoms with Crippen molar-refractivity contribution in [1.82, 2.24) is 5.32 Å². The van der Waals surface area contributed by atoms with E-state index in [0.29, 0.717) is 0 Å². The van der Waals surface area contributed by atoms with Crippen LogP contribution in [0.15, 0.2) is 34.1 Å². The van der Waals surface area contributed by atoms with Gasteiger partial charge in [-0.3, -0.25) is 0 Å². The summed E-state index contributed by atoms with van der Waals surface area (Å²) in [5, 5.41) is 2.99. The summed E-state index contributed by atoms with van der Waals surface area (Å²) < 4.78 is 40.3. The van der Waals surface area contributed by atoms with Crippen LogP contribution in [0.1, 0.15) is 27.6 Å². The Labute approximate surface area is 128 Å². The van der Waals surface area contributed by atoms with Crippen LogP contribution in [0, 0.1) is 6.92 Å². The summed E-state index contributed by atoms with van der Waals surface area (Å²) in [6.07, 6.45) is -4.35. The molecule has 0 bridgehead atoms. The Balaban J connectivity index is 2.56. The lowest BCUT2D eigenvalue weighted by atomic mass is 9.94. The molecule has 1 heterocycles. The summed E-state index contributed by atoms with van der Waals surface area (Å²) in [5.74, 6) is 0. The second kappa shape index (κ2) is 5.87. The fraction of sp³-hybridized carbons (Fsp3) is 0.286. The molecule has 1 aromatic carbocycles. The molecule has 0 fully saturated rings.